The molecule has 0 spiro atoms. The first-order valence-electron chi connectivity index (χ1n) is 6.09. The molecule has 5 nitrogen and oxygen atoms in total. The van der Waals surface area contributed by atoms with Gasteiger partial charge in [-0.25, -0.2) is 8.42 Å². The van der Waals surface area contributed by atoms with Crippen LogP contribution in [0.25, 0.3) is 0 Å². The highest BCUT2D eigenvalue weighted by atomic mass is 35.5. The van der Waals surface area contributed by atoms with Crippen LogP contribution in [0.2, 0.25) is 10.0 Å². The fourth-order valence-corrected chi connectivity index (χ4v) is 3.63. The second-order valence-electron chi connectivity index (χ2n) is 4.53. The molecule has 22 heavy (non-hydrogen) atoms. The fourth-order valence-electron chi connectivity index (χ4n) is 1.84. The molecule has 1 amide bonds. The van der Waals surface area contributed by atoms with Gasteiger partial charge in [-0.05, 0) is 42.8 Å². The Balaban J connectivity index is 2.47. The molecule has 116 valence electrons. The van der Waals surface area contributed by atoms with Gasteiger partial charge in [-0.3, -0.25) is 9.52 Å². The number of nitrogens with one attached hydrogen (secondary N) is 1. The second kappa shape index (κ2) is 6.16. The molecule has 0 radical (unpaired) electrons. The summed E-state index contributed by atoms with van der Waals surface area (Å²) < 4.78 is 27.3. The second-order valence-corrected chi connectivity index (χ2v) is 6.99. The van der Waals surface area contributed by atoms with Crippen molar-refractivity contribution >= 4 is 44.8 Å². The quantitative estimate of drug-likeness (QED) is 0.879. The fraction of sp³-hybridized carbons (Fsp3) is 0.0714. The number of nitrogens with two attached hydrogens (primary N) is 1. The zero-order valence-corrected chi connectivity index (χ0v) is 13.8. The smallest absolute Gasteiger partial charge is 0.262 e. The van der Waals surface area contributed by atoms with Crippen LogP contribution in [0.3, 0.4) is 0 Å². The SMILES string of the molecule is Cc1c(Cl)cccc1S(=O)(=O)Nc1cc(C(N)=O)ccc1Cl. The predicted molar refractivity (Wildman–Crippen MR) is 87.0 cm³/mol. The molecule has 0 fully saturated rings. The maximum Gasteiger partial charge on any atom is 0.262 e. The van der Waals surface area contributed by atoms with Crippen LogP contribution in [0.15, 0.2) is 41.3 Å². The van der Waals surface area contributed by atoms with E-state index in [-0.39, 0.29) is 21.2 Å². The number of anilines is 1. The molecule has 2 rings (SSSR count). The molecule has 8 heteroatoms. The first-order valence-corrected chi connectivity index (χ1v) is 8.33. The van der Waals surface area contributed by atoms with Gasteiger partial charge in [-0.1, -0.05) is 29.3 Å². The van der Waals surface area contributed by atoms with Crippen LogP contribution in [-0.2, 0) is 10.0 Å². The number of hydrogen-bond acceptors (Lipinski definition) is 3. The van der Waals surface area contributed by atoms with Crippen molar-refractivity contribution in [3.8, 4) is 0 Å². The Morgan fingerprint density at radius 2 is 1.82 bits per heavy atom. The molecular formula is C14H12Cl2N2O3S. The van der Waals surface area contributed by atoms with E-state index in [0.29, 0.717) is 10.6 Å². The average molecular weight is 359 g/mol. The highest BCUT2D eigenvalue weighted by Gasteiger charge is 2.20. The minimum absolute atomic E-state index is 0.0283. The number of carbonyl (C=O) groups is 1. The Morgan fingerprint density at radius 1 is 1.14 bits per heavy atom. The molecule has 0 atom stereocenters. The van der Waals surface area contributed by atoms with Crippen molar-refractivity contribution in [2.75, 3.05) is 4.72 Å². The number of sulfonamides is 1. The lowest BCUT2D eigenvalue weighted by atomic mass is 10.2. The minimum atomic E-state index is -3.90. The lowest BCUT2D eigenvalue weighted by molar-refractivity contribution is 0.100. The summed E-state index contributed by atoms with van der Waals surface area (Å²) in [6.45, 7) is 1.60. The highest BCUT2D eigenvalue weighted by Crippen LogP contribution is 2.28. The van der Waals surface area contributed by atoms with E-state index in [2.05, 4.69) is 4.72 Å². The third-order valence-electron chi connectivity index (χ3n) is 3.00. The Kier molecular flexibility index (Phi) is 4.65. The van der Waals surface area contributed by atoms with Crippen molar-refractivity contribution < 1.29 is 13.2 Å². The normalized spacial score (nSPS) is 11.2. The van der Waals surface area contributed by atoms with E-state index in [0.717, 1.165) is 0 Å². The molecule has 0 aliphatic heterocycles. The molecular weight excluding hydrogens is 347 g/mol. The van der Waals surface area contributed by atoms with E-state index in [1.807, 2.05) is 0 Å². The topological polar surface area (TPSA) is 89.3 Å². The van der Waals surface area contributed by atoms with Crippen molar-refractivity contribution in [1.82, 2.24) is 0 Å². The van der Waals surface area contributed by atoms with Gasteiger partial charge in [0.1, 0.15) is 0 Å². The summed E-state index contributed by atoms with van der Waals surface area (Å²) in [7, 11) is -3.90. The molecule has 0 aromatic heterocycles. The standard InChI is InChI=1S/C14H12Cl2N2O3S/c1-8-10(15)3-2-4-13(8)22(20,21)18-12-7-9(14(17)19)5-6-11(12)16/h2-7,18H,1H3,(H2,17,19). The van der Waals surface area contributed by atoms with Crippen molar-refractivity contribution in [2.24, 2.45) is 5.73 Å². The lowest BCUT2D eigenvalue weighted by Gasteiger charge is -2.13. The summed E-state index contributed by atoms with van der Waals surface area (Å²) >= 11 is 11.9. The largest absolute Gasteiger partial charge is 0.366 e. The Bertz CT molecular complexity index is 851. The molecule has 0 heterocycles. The number of rotatable bonds is 4. The van der Waals surface area contributed by atoms with Gasteiger partial charge >= 0.3 is 0 Å². The summed E-state index contributed by atoms with van der Waals surface area (Å²) in [5, 5.41) is 0.480. The third-order valence-corrected chi connectivity index (χ3v) is 5.25. The van der Waals surface area contributed by atoms with Gasteiger partial charge < -0.3 is 5.73 Å². The minimum Gasteiger partial charge on any atom is -0.366 e. The molecule has 0 bridgehead atoms. The van der Waals surface area contributed by atoms with Crippen LogP contribution in [0.5, 0.6) is 0 Å². The van der Waals surface area contributed by atoms with Crippen LogP contribution in [-0.4, -0.2) is 14.3 Å². The van der Waals surface area contributed by atoms with Crippen molar-refractivity contribution in [3.63, 3.8) is 0 Å². The molecule has 2 aromatic rings. The number of amides is 1. The summed E-state index contributed by atoms with van der Waals surface area (Å²) in [5.41, 5.74) is 5.80. The summed E-state index contributed by atoms with van der Waals surface area (Å²) in [5.74, 6) is -0.684. The van der Waals surface area contributed by atoms with E-state index >= 15 is 0 Å². The average Bonchev–Trinajstić information content (AvgIpc) is 2.43. The van der Waals surface area contributed by atoms with E-state index in [1.54, 1.807) is 13.0 Å². The number of carbonyl (C=O) groups excluding carboxylic acids is 1. The number of hydrogen-bond donors (Lipinski definition) is 2. The van der Waals surface area contributed by atoms with Crippen LogP contribution in [0.1, 0.15) is 15.9 Å². The predicted octanol–water partition coefficient (Wildman–Crippen LogP) is 3.20. The molecule has 0 unspecified atom stereocenters. The van der Waals surface area contributed by atoms with Gasteiger partial charge in [0.2, 0.25) is 5.91 Å². The maximum absolute atomic E-state index is 12.5. The number of benzene rings is 2. The summed E-state index contributed by atoms with van der Waals surface area (Å²) in [6.07, 6.45) is 0. The molecule has 0 saturated heterocycles. The monoisotopic (exact) mass is 358 g/mol. The Labute approximate surface area is 138 Å². The van der Waals surface area contributed by atoms with Gasteiger partial charge in [0.15, 0.2) is 0 Å². The number of primary amides is 1. The molecule has 0 aliphatic rings. The van der Waals surface area contributed by atoms with Crippen molar-refractivity contribution in [3.05, 3.63) is 57.6 Å². The van der Waals surface area contributed by atoms with Gasteiger partial charge in [0.05, 0.1) is 15.6 Å². The maximum atomic E-state index is 12.5. The van der Waals surface area contributed by atoms with E-state index in [4.69, 9.17) is 28.9 Å². The Hall–Kier alpha value is -1.76. The van der Waals surface area contributed by atoms with Crippen LogP contribution in [0, 0.1) is 6.92 Å². The van der Waals surface area contributed by atoms with E-state index < -0.39 is 15.9 Å². The van der Waals surface area contributed by atoms with E-state index in [9.17, 15) is 13.2 Å². The molecule has 3 N–H and O–H groups in total. The van der Waals surface area contributed by atoms with Crippen molar-refractivity contribution in [2.45, 2.75) is 11.8 Å². The van der Waals surface area contributed by atoms with Gasteiger partial charge in [-0.2, -0.15) is 0 Å². The first kappa shape index (κ1) is 16.6. The summed E-state index contributed by atoms with van der Waals surface area (Å²) in [6, 6.07) is 8.64. The van der Waals surface area contributed by atoms with Gasteiger partial charge in [-0.15, -0.1) is 0 Å². The third kappa shape index (κ3) is 3.35. The molecule has 0 aliphatic carbocycles. The van der Waals surface area contributed by atoms with Gasteiger partial charge in [0.25, 0.3) is 10.0 Å². The van der Waals surface area contributed by atoms with Gasteiger partial charge in [0, 0.05) is 10.6 Å². The van der Waals surface area contributed by atoms with Crippen LogP contribution in [0.4, 0.5) is 5.69 Å². The number of halogens is 2. The summed E-state index contributed by atoms with van der Waals surface area (Å²) in [4.78, 5) is 11.2. The zero-order valence-electron chi connectivity index (χ0n) is 11.4. The Morgan fingerprint density at radius 3 is 2.45 bits per heavy atom. The molecule has 2 aromatic carbocycles. The van der Waals surface area contributed by atoms with E-state index in [1.165, 1.54) is 30.3 Å². The molecule has 0 saturated carbocycles. The highest BCUT2D eigenvalue weighted by molar-refractivity contribution is 7.92. The van der Waals surface area contributed by atoms with Crippen LogP contribution >= 0.6 is 23.2 Å². The zero-order chi connectivity index (χ0) is 16.5. The lowest BCUT2D eigenvalue weighted by Crippen LogP contribution is -2.16. The van der Waals surface area contributed by atoms with Crippen molar-refractivity contribution in [1.29, 1.82) is 0 Å². The van der Waals surface area contributed by atoms with Crippen LogP contribution < -0.4 is 10.5 Å². The first-order chi connectivity index (χ1) is 10.2.